The number of aromatic hydroxyl groups is 1. The fourth-order valence-electron chi connectivity index (χ4n) is 1.56. The Hall–Kier alpha value is -2.12. The molecular formula is C13H13FN2O3S. The van der Waals surface area contributed by atoms with E-state index in [-0.39, 0.29) is 28.7 Å². The Bertz CT molecular complexity index is 715. The standard InChI is InChI=1S/C13H13FN2O3S/c14-10-3-1-9(2-4-10)8-16-20(18,19)11-5-6-13(17)12(15)7-11/h1-7,16-17H,8,15H2. The molecule has 0 aromatic heterocycles. The number of sulfonamides is 1. The van der Waals surface area contributed by atoms with Gasteiger partial charge >= 0.3 is 0 Å². The molecule has 2 rings (SSSR count). The van der Waals surface area contributed by atoms with Gasteiger partial charge in [-0.1, -0.05) is 12.1 Å². The molecule has 0 unspecified atom stereocenters. The van der Waals surface area contributed by atoms with E-state index in [1.165, 1.54) is 42.5 Å². The third-order valence-electron chi connectivity index (χ3n) is 2.69. The number of rotatable bonds is 4. The zero-order chi connectivity index (χ0) is 14.8. The van der Waals surface area contributed by atoms with Crippen molar-refractivity contribution in [1.82, 2.24) is 4.72 Å². The van der Waals surface area contributed by atoms with Gasteiger partial charge in [0.05, 0.1) is 10.6 Å². The van der Waals surface area contributed by atoms with Crippen molar-refractivity contribution in [2.24, 2.45) is 0 Å². The van der Waals surface area contributed by atoms with Crippen molar-refractivity contribution in [2.75, 3.05) is 5.73 Å². The van der Waals surface area contributed by atoms with Crippen LogP contribution < -0.4 is 10.5 Å². The van der Waals surface area contributed by atoms with Crippen LogP contribution in [0, 0.1) is 5.82 Å². The van der Waals surface area contributed by atoms with Crippen LogP contribution in [0.25, 0.3) is 0 Å². The Morgan fingerprint density at radius 1 is 1.15 bits per heavy atom. The largest absolute Gasteiger partial charge is 0.506 e. The van der Waals surface area contributed by atoms with Gasteiger partial charge in [0.25, 0.3) is 0 Å². The van der Waals surface area contributed by atoms with Crippen molar-refractivity contribution in [1.29, 1.82) is 0 Å². The minimum atomic E-state index is -3.74. The summed E-state index contributed by atoms with van der Waals surface area (Å²) in [5, 5.41) is 9.27. The third kappa shape index (κ3) is 3.25. The molecule has 4 N–H and O–H groups in total. The lowest BCUT2D eigenvalue weighted by molar-refractivity contribution is 0.477. The van der Waals surface area contributed by atoms with Crippen molar-refractivity contribution in [2.45, 2.75) is 11.4 Å². The summed E-state index contributed by atoms with van der Waals surface area (Å²) < 4.78 is 39.1. The topological polar surface area (TPSA) is 92.4 Å². The highest BCUT2D eigenvalue weighted by Gasteiger charge is 2.15. The zero-order valence-corrected chi connectivity index (χ0v) is 11.2. The highest BCUT2D eigenvalue weighted by atomic mass is 32.2. The minimum absolute atomic E-state index is 0.0188. The molecule has 0 aliphatic carbocycles. The van der Waals surface area contributed by atoms with E-state index in [2.05, 4.69) is 4.72 Å². The van der Waals surface area contributed by atoms with E-state index < -0.39 is 10.0 Å². The Kier molecular flexibility index (Phi) is 3.91. The molecule has 2 aromatic rings. The van der Waals surface area contributed by atoms with Crippen molar-refractivity contribution in [3.63, 3.8) is 0 Å². The number of phenols is 1. The molecule has 20 heavy (non-hydrogen) atoms. The first-order chi connectivity index (χ1) is 9.38. The lowest BCUT2D eigenvalue weighted by Crippen LogP contribution is -2.23. The van der Waals surface area contributed by atoms with Crippen LogP contribution in [0.4, 0.5) is 10.1 Å². The van der Waals surface area contributed by atoms with Crippen LogP contribution in [0.15, 0.2) is 47.4 Å². The molecule has 7 heteroatoms. The van der Waals surface area contributed by atoms with Gasteiger partial charge in [0, 0.05) is 6.54 Å². The maximum Gasteiger partial charge on any atom is 0.240 e. The summed E-state index contributed by atoms with van der Waals surface area (Å²) in [4.78, 5) is -0.0464. The smallest absolute Gasteiger partial charge is 0.240 e. The number of halogens is 1. The van der Waals surface area contributed by atoms with Crippen LogP contribution in [0.5, 0.6) is 5.75 Å². The van der Waals surface area contributed by atoms with E-state index >= 15 is 0 Å². The van der Waals surface area contributed by atoms with Crippen LogP contribution in [0.3, 0.4) is 0 Å². The predicted octanol–water partition coefficient (Wildman–Crippen LogP) is 1.59. The number of nitrogens with two attached hydrogens (primary N) is 1. The number of nitrogen functional groups attached to an aromatic ring is 1. The molecule has 0 bridgehead atoms. The van der Waals surface area contributed by atoms with Crippen molar-refractivity contribution >= 4 is 15.7 Å². The monoisotopic (exact) mass is 296 g/mol. The highest BCUT2D eigenvalue weighted by Crippen LogP contribution is 2.23. The van der Waals surface area contributed by atoms with Crippen LogP contribution in [0.2, 0.25) is 0 Å². The fraction of sp³-hybridized carbons (Fsp3) is 0.0769. The zero-order valence-electron chi connectivity index (χ0n) is 10.4. The molecule has 0 saturated carbocycles. The van der Waals surface area contributed by atoms with Gasteiger partial charge in [-0.25, -0.2) is 17.5 Å². The van der Waals surface area contributed by atoms with E-state index in [0.717, 1.165) is 0 Å². The summed E-state index contributed by atoms with van der Waals surface area (Å²) in [7, 11) is -3.74. The van der Waals surface area contributed by atoms with Gasteiger partial charge in [-0.15, -0.1) is 0 Å². The van der Waals surface area contributed by atoms with E-state index in [4.69, 9.17) is 5.73 Å². The van der Waals surface area contributed by atoms with Gasteiger partial charge in [-0.2, -0.15) is 0 Å². The lowest BCUT2D eigenvalue weighted by Gasteiger charge is -2.08. The lowest BCUT2D eigenvalue weighted by atomic mass is 10.2. The van der Waals surface area contributed by atoms with Gasteiger partial charge in [0.1, 0.15) is 11.6 Å². The quantitative estimate of drug-likeness (QED) is 0.590. The van der Waals surface area contributed by atoms with Gasteiger partial charge in [0.2, 0.25) is 10.0 Å². The molecule has 2 aromatic carbocycles. The van der Waals surface area contributed by atoms with Gasteiger partial charge in [-0.05, 0) is 35.9 Å². The molecule has 0 atom stereocenters. The molecule has 0 spiro atoms. The third-order valence-corrected chi connectivity index (χ3v) is 4.09. The number of phenolic OH excluding ortho intramolecular Hbond substituents is 1. The van der Waals surface area contributed by atoms with E-state index in [0.29, 0.717) is 5.56 Å². The van der Waals surface area contributed by atoms with Crippen molar-refractivity contribution < 1.29 is 17.9 Å². The second kappa shape index (κ2) is 5.48. The summed E-state index contributed by atoms with van der Waals surface area (Å²) in [6.45, 7) is 0.0311. The molecular weight excluding hydrogens is 283 g/mol. The second-order valence-electron chi connectivity index (χ2n) is 4.17. The molecule has 0 aliphatic rings. The molecule has 0 aliphatic heterocycles. The molecule has 0 fully saturated rings. The average molecular weight is 296 g/mol. The van der Waals surface area contributed by atoms with E-state index in [1.807, 2.05) is 0 Å². The molecule has 5 nitrogen and oxygen atoms in total. The number of anilines is 1. The highest BCUT2D eigenvalue weighted by molar-refractivity contribution is 7.89. The van der Waals surface area contributed by atoms with Crippen molar-refractivity contribution in [3.05, 3.63) is 53.8 Å². The van der Waals surface area contributed by atoms with Gasteiger partial charge in [-0.3, -0.25) is 0 Å². The Morgan fingerprint density at radius 2 is 1.80 bits per heavy atom. The number of hydrogen-bond acceptors (Lipinski definition) is 4. The minimum Gasteiger partial charge on any atom is -0.506 e. The Morgan fingerprint density at radius 3 is 2.40 bits per heavy atom. The molecule has 0 saturated heterocycles. The van der Waals surface area contributed by atoms with Gasteiger partial charge < -0.3 is 10.8 Å². The number of hydrogen-bond donors (Lipinski definition) is 3. The molecule has 106 valence electrons. The Labute approximate surface area is 115 Å². The number of nitrogens with one attached hydrogen (secondary N) is 1. The first-order valence-corrected chi connectivity index (χ1v) is 7.19. The summed E-state index contributed by atoms with van der Waals surface area (Å²) in [5.74, 6) is -0.564. The first-order valence-electron chi connectivity index (χ1n) is 5.71. The van der Waals surface area contributed by atoms with Gasteiger partial charge in [0.15, 0.2) is 0 Å². The molecule has 0 heterocycles. The maximum absolute atomic E-state index is 12.7. The summed E-state index contributed by atoms with van der Waals surface area (Å²) >= 11 is 0. The van der Waals surface area contributed by atoms with Crippen LogP contribution in [0.1, 0.15) is 5.56 Å². The summed E-state index contributed by atoms with van der Waals surface area (Å²) in [6, 6.07) is 9.11. The number of benzene rings is 2. The van der Waals surface area contributed by atoms with Crippen molar-refractivity contribution in [3.8, 4) is 5.75 Å². The summed E-state index contributed by atoms with van der Waals surface area (Å²) in [6.07, 6.45) is 0. The average Bonchev–Trinajstić information content (AvgIpc) is 2.41. The van der Waals surface area contributed by atoms with Crippen LogP contribution >= 0.6 is 0 Å². The Balaban J connectivity index is 2.14. The molecule has 0 amide bonds. The first kappa shape index (κ1) is 14.3. The second-order valence-corrected chi connectivity index (χ2v) is 5.94. The van der Waals surface area contributed by atoms with E-state index in [9.17, 15) is 17.9 Å². The normalized spacial score (nSPS) is 11.4. The fourth-order valence-corrected chi connectivity index (χ4v) is 2.62. The SMILES string of the molecule is Nc1cc(S(=O)(=O)NCc2ccc(F)cc2)ccc1O. The maximum atomic E-state index is 12.7. The van der Waals surface area contributed by atoms with E-state index in [1.54, 1.807) is 0 Å². The van der Waals surface area contributed by atoms with Crippen LogP contribution in [-0.2, 0) is 16.6 Å². The van der Waals surface area contributed by atoms with Crippen LogP contribution in [-0.4, -0.2) is 13.5 Å². The predicted molar refractivity (Wildman–Crippen MR) is 72.9 cm³/mol. The summed E-state index contributed by atoms with van der Waals surface area (Å²) in [5.41, 5.74) is 6.07. The molecule has 0 radical (unpaired) electrons.